The van der Waals surface area contributed by atoms with Crippen LogP contribution in [-0.4, -0.2) is 29.1 Å². The molecule has 140 valence electrons. The number of hydrogen-bond acceptors (Lipinski definition) is 5. The molecule has 1 N–H and O–H groups in total. The van der Waals surface area contributed by atoms with Crippen LogP contribution in [-0.2, 0) is 0 Å². The molecular formula is C20H21N3O4. The Morgan fingerprint density at radius 1 is 1.19 bits per heavy atom. The van der Waals surface area contributed by atoms with E-state index in [9.17, 15) is 9.59 Å². The summed E-state index contributed by atoms with van der Waals surface area (Å²) < 4.78 is 12.1. The van der Waals surface area contributed by atoms with Crippen molar-refractivity contribution in [2.75, 3.05) is 7.11 Å². The predicted molar refractivity (Wildman–Crippen MR) is 105 cm³/mol. The van der Waals surface area contributed by atoms with Gasteiger partial charge in [0.2, 0.25) is 0 Å². The second kappa shape index (κ2) is 7.90. The summed E-state index contributed by atoms with van der Waals surface area (Å²) in [6, 6.07) is 12.1. The van der Waals surface area contributed by atoms with Crippen LogP contribution in [0.4, 0.5) is 0 Å². The van der Waals surface area contributed by atoms with Gasteiger partial charge in [-0.1, -0.05) is 25.1 Å². The Hall–Kier alpha value is -3.35. The zero-order valence-corrected chi connectivity index (χ0v) is 15.4. The van der Waals surface area contributed by atoms with Crippen LogP contribution in [0.5, 0.6) is 11.5 Å². The molecular weight excluding hydrogens is 346 g/mol. The van der Waals surface area contributed by atoms with E-state index in [1.165, 1.54) is 6.21 Å². The maximum atomic E-state index is 12.6. The number of methoxy groups -OCH3 is 1. The number of para-hydroxylation sites is 2. The summed E-state index contributed by atoms with van der Waals surface area (Å²) in [5, 5.41) is 4.48. The summed E-state index contributed by atoms with van der Waals surface area (Å²) in [5.74, 6) is 1.07. The highest BCUT2D eigenvalue weighted by Crippen LogP contribution is 2.31. The first-order valence-electron chi connectivity index (χ1n) is 8.67. The van der Waals surface area contributed by atoms with Crippen molar-refractivity contribution in [3.63, 3.8) is 0 Å². The van der Waals surface area contributed by atoms with Crippen LogP contribution in [0.3, 0.4) is 0 Å². The molecule has 0 unspecified atom stereocenters. The molecule has 3 rings (SSSR count). The third kappa shape index (κ3) is 3.76. The second-order valence-electron chi connectivity index (χ2n) is 6.05. The monoisotopic (exact) mass is 367 g/mol. The summed E-state index contributed by atoms with van der Waals surface area (Å²) in [7, 11) is 1.55. The second-order valence-corrected chi connectivity index (χ2v) is 6.05. The molecule has 0 aliphatic rings. The zero-order valence-electron chi connectivity index (χ0n) is 15.4. The van der Waals surface area contributed by atoms with E-state index < -0.39 is 11.2 Å². The SMILES string of the molecule is CC[C@@H](C)Oc1c(C=Nn2c(=O)[nH]c3ccccc3c2=O)cccc1OC. The van der Waals surface area contributed by atoms with Gasteiger partial charge in [-0.3, -0.25) is 4.79 Å². The van der Waals surface area contributed by atoms with Crippen molar-refractivity contribution in [2.45, 2.75) is 26.4 Å². The molecule has 0 spiro atoms. The van der Waals surface area contributed by atoms with Crippen LogP contribution >= 0.6 is 0 Å². The minimum absolute atomic E-state index is 0.0276. The third-order valence-corrected chi connectivity index (χ3v) is 4.22. The number of aromatic amines is 1. The number of fused-ring (bicyclic) bond motifs is 1. The Morgan fingerprint density at radius 2 is 1.96 bits per heavy atom. The lowest BCUT2D eigenvalue weighted by molar-refractivity contribution is 0.207. The van der Waals surface area contributed by atoms with Gasteiger partial charge in [-0.15, -0.1) is 4.68 Å². The van der Waals surface area contributed by atoms with E-state index in [0.717, 1.165) is 11.1 Å². The average Bonchev–Trinajstić information content (AvgIpc) is 2.68. The van der Waals surface area contributed by atoms with Crippen molar-refractivity contribution < 1.29 is 9.47 Å². The van der Waals surface area contributed by atoms with Gasteiger partial charge < -0.3 is 14.5 Å². The molecule has 0 bridgehead atoms. The van der Waals surface area contributed by atoms with Gasteiger partial charge in [0.05, 0.1) is 30.3 Å². The highest BCUT2D eigenvalue weighted by molar-refractivity contribution is 5.85. The van der Waals surface area contributed by atoms with Gasteiger partial charge in [0.1, 0.15) is 0 Å². The molecule has 0 fully saturated rings. The number of H-pyrrole nitrogens is 1. The van der Waals surface area contributed by atoms with Gasteiger partial charge in [0.15, 0.2) is 11.5 Å². The van der Waals surface area contributed by atoms with Crippen molar-refractivity contribution in [1.29, 1.82) is 0 Å². The number of nitrogens with one attached hydrogen (secondary N) is 1. The van der Waals surface area contributed by atoms with E-state index in [-0.39, 0.29) is 6.10 Å². The maximum Gasteiger partial charge on any atom is 0.349 e. The fraction of sp³-hybridized carbons (Fsp3) is 0.250. The van der Waals surface area contributed by atoms with Crippen molar-refractivity contribution in [3.05, 3.63) is 68.9 Å². The van der Waals surface area contributed by atoms with Gasteiger partial charge in [-0.25, -0.2) is 4.79 Å². The Labute approximate surface area is 155 Å². The topological polar surface area (TPSA) is 85.7 Å². The fourth-order valence-electron chi connectivity index (χ4n) is 2.58. The molecule has 0 radical (unpaired) electrons. The van der Waals surface area contributed by atoms with Crippen molar-refractivity contribution in [1.82, 2.24) is 9.66 Å². The zero-order chi connectivity index (χ0) is 19.4. The highest BCUT2D eigenvalue weighted by atomic mass is 16.5. The largest absolute Gasteiger partial charge is 0.493 e. The smallest absolute Gasteiger partial charge is 0.349 e. The minimum atomic E-state index is -0.609. The standard InChI is InChI=1S/C20H21N3O4/c1-4-13(2)27-18-14(8-7-11-17(18)26-3)12-21-23-19(24)15-9-5-6-10-16(15)22-20(23)25/h5-13H,4H2,1-3H3,(H,22,25)/t13-/m1/s1. The summed E-state index contributed by atoms with van der Waals surface area (Å²) >= 11 is 0. The molecule has 0 saturated heterocycles. The van der Waals surface area contributed by atoms with Gasteiger partial charge in [0.25, 0.3) is 5.56 Å². The first-order chi connectivity index (χ1) is 13.0. The Balaban J connectivity index is 2.08. The van der Waals surface area contributed by atoms with Crippen molar-refractivity contribution >= 4 is 17.1 Å². The maximum absolute atomic E-state index is 12.6. The molecule has 1 atom stereocenters. The molecule has 27 heavy (non-hydrogen) atoms. The number of hydrogen-bond donors (Lipinski definition) is 1. The predicted octanol–water partition coefficient (Wildman–Crippen LogP) is 2.76. The van der Waals surface area contributed by atoms with E-state index in [1.54, 1.807) is 49.6 Å². The molecule has 7 nitrogen and oxygen atoms in total. The number of rotatable bonds is 6. The molecule has 2 aromatic carbocycles. The number of nitrogens with zero attached hydrogens (tertiary/aromatic N) is 2. The quantitative estimate of drug-likeness (QED) is 0.679. The van der Waals surface area contributed by atoms with E-state index >= 15 is 0 Å². The summed E-state index contributed by atoms with van der Waals surface area (Å²) in [4.78, 5) is 27.5. The normalized spacial score (nSPS) is 12.4. The fourth-order valence-corrected chi connectivity index (χ4v) is 2.58. The van der Waals surface area contributed by atoms with Crippen LogP contribution in [0, 0.1) is 0 Å². The van der Waals surface area contributed by atoms with Crippen molar-refractivity contribution in [3.8, 4) is 11.5 Å². The number of aromatic nitrogens is 2. The molecule has 0 saturated carbocycles. The number of benzene rings is 2. The lowest BCUT2D eigenvalue weighted by Crippen LogP contribution is -2.32. The van der Waals surface area contributed by atoms with E-state index in [4.69, 9.17) is 9.47 Å². The number of ether oxygens (including phenoxy) is 2. The average molecular weight is 367 g/mol. The molecule has 1 aromatic heterocycles. The first kappa shape index (κ1) is 18.4. The van der Waals surface area contributed by atoms with Crippen LogP contribution in [0.1, 0.15) is 25.8 Å². The van der Waals surface area contributed by atoms with Crippen LogP contribution in [0.25, 0.3) is 10.9 Å². The van der Waals surface area contributed by atoms with Gasteiger partial charge in [-0.2, -0.15) is 5.10 Å². The van der Waals surface area contributed by atoms with Gasteiger partial charge in [-0.05, 0) is 37.6 Å². The Morgan fingerprint density at radius 3 is 2.70 bits per heavy atom. The van der Waals surface area contributed by atoms with Gasteiger partial charge in [0, 0.05) is 5.56 Å². The molecule has 0 aliphatic heterocycles. The highest BCUT2D eigenvalue weighted by Gasteiger charge is 2.13. The molecule has 3 aromatic rings. The van der Waals surface area contributed by atoms with Gasteiger partial charge >= 0.3 is 5.69 Å². The summed E-state index contributed by atoms with van der Waals surface area (Å²) in [6.45, 7) is 3.97. The molecule has 1 heterocycles. The molecule has 0 aliphatic carbocycles. The van der Waals surface area contributed by atoms with E-state index in [0.29, 0.717) is 28.0 Å². The lowest BCUT2D eigenvalue weighted by Gasteiger charge is -2.17. The Bertz CT molecular complexity index is 1100. The van der Waals surface area contributed by atoms with Crippen molar-refractivity contribution in [2.24, 2.45) is 5.10 Å². The minimum Gasteiger partial charge on any atom is -0.493 e. The van der Waals surface area contributed by atoms with E-state index in [1.807, 2.05) is 13.8 Å². The van der Waals surface area contributed by atoms with E-state index in [2.05, 4.69) is 10.1 Å². The first-order valence-corrected chi connectivity index (χ1v) is 8.67. The molecule has 7 heteroatoms. The van der Waals surface area contributed by atoms with Crippen LogP contribution in [0.2, 0.25) is 0 Å². The van der Waals surface area contributed by atoms with Crippen LogP contribution in [0.15, 0.2) is 57.2 Å². The summed E-state index contributed by atoms with van der Waals surface area (Å²) in [6.07, 6.45) is 2.21. The van der Waals surface area contributed by atoms with Crippen LogP contribution < -0.4 is 20.7 Å². The Kier molecular flexibility index (Phi) is 5.40. The molecule has 0 amide bonds. The third-order valence-electron chi connectivity index (χ3n) is 4.22. The lowest BCUT2D eigenvalue weighted by atomic mass is 10.2. The summed E-state index contributed by atoms with van der Waals surface area (Å²) in [5.41, 5.74) is -0.0182.